The van der Waals surface area contributed by atoms with Crippen molar-refractivity contribution in [3.8, 4) is 0 Å². The van der Waals surface area contributed by atoms with Crippen molar-refractivity contribution in [3.63, 3.8) is 0 Å². The maximum Gasteiger partial charge on any atom is 0.145 e. The summed E-state index contributed by atoms with van der Waals surface area (Å²) in [5, 5.41) is 0. The van der Waals surface area contributed by atoms with E-state index in [-0.39, 0.29) is 12.2 Å². The molecule has 18 heavy (non-hydrogen) atoms. The van der Waals surface area contributed by atoms with Crippen LogP contribution in [0.25, 0.3) is 0 Å². The molecule has 0 saturated carbocycles. The Morgan fingerprint density at radius 2 is 2.06 bits per heavy atom. The number of hydrogen-bond donors (Lipinski definition) is 2. The minimum absolute atomic E-state index is 0.255. The lowest BCUT2D eigenvalue weighted by molar-refractivity contribution is -0.0710. The van der Waals surface area contributed by atoms with Gasteiger partial charge in [0.15, 0.2) is 0 Å². The van der Waals surface area contributed by atoms with Gasteiger partial charge in [-0.25, -0.2) is 15.8 Å². The Labute approximate surface area is 108 Å². The molecule has 1 aromatic rings. The van der Waals surface area contributed by atoms with Gasteiger partial charge >= 0.3 is 0 Å². The first-order chi connectivity index (χ1) is 8.56. The van der Waals surface area contributed by atoms with Gasteiger partial charge in [-0.05, 0) is 20.8 Å². The van der Waals surface area contributed by atoms with Crippen LogP contribution in [0.1, 0.15) is 25.4 Å². The summed E-state index contributed by atoms with van der Waals surface area (Å²) in [5.74, 6) is 6.85. The summed E-state index contributed by atoms with van der Waals surface area (Å²) in [6.07, 6.45) is 0.510. The van der Waals surface area contributed by atoms with Crippen molar-refractivity contribution in [2.45, 2.75) is 39.5 Å². The van der Waals surface area contributed by atoms with Gasteiger partial charge in [-0.2, -0.15) is 0 Å². The number of nitrogen functional groups attached to an aromatic ring is 1. The van der Waals surface area contributed by atoms with Crippen LogP contribution in [0.2, 0.25) is 0 Å². The second-order valence-electron chi connectivity index (χ2n) is 4.91. The molecular weight excluding hydrogens is 230 g/mol. The summed E-state index contributed by atoms with van der Waals surface area (Å²) in [6.45, 7) is 8.67. The van der Waals surface area contributed by atoms with Crippen LogP contribution in [-0.4, -0.2) is 40.2 Å². The van der Waals surface area contributed by atoms with E-state index in [1.165, 1.54) is 0 Å². The third-order valence-corrected chi connectivity index (χ3v) is 2.91. The molecule has 1 saturated heterocycles. The van der Waals surface area contributed by atoms with Crippen LogP contribution in [0.3, 0.4) is 0 Å². The van der Waals surface area contributed by atoms with Crippen LogP contribution in [-0.2, 0) is 11.3 Å². The van der Waals surface area contributed by atoms with Crippen molar-refractivity contribution in [2.75, 3.05) is 18.5 Å². The van der Waals surface area contributed by atoms with Gasteiger partial charge in [-0.1, -0.05) is 0 Å². The van der Waals surface area contributed by atoms with Gasteiger partial charge in [-0.15, -0.1) is 0 Å². The molecule has 100 valence electrons. The normalized spacial score (nSPS) is 25.1. The largest absolute Gasteiger partial charge is 0.373 e. The summed E-state index contributed by atoms with van der Waals surface area (Å²) in [5.41, 5.74) is 3.49. The van der Waals surface area contributed by atoms with Crippen LogP contribution in [0.4, 0.5) is 5.82 Å². The van der Waals surface area contributed by atoms with Gasteiger partial charge in [0, 0.05) is 24.8 Å². The first-order valence-electron chi connectivity index (χ1n) is 6.26. The zero-order chi connectivity index (χ0) is 13.1. The van der Waals surface area contributed by atoms with E-state index in [0.29, 0.717) is 5.82 Å². The first-order valence-corrected chi connectivity index (χ1v) is 6.26. The summed E-state index contributed by atoms with van der Waals surface area (Å²) in [7, 11) is 0. The predicted molar refractivity (Wildman–Crippen MR) is 69.9 cm³/mol. The number of ether oxygens (including phenoxy) is 1. The fraction of sp³-hybridized carbons (Fsp3) is 0.667. The molecular formula is C12H21N5O. The van der Waals surface area contributed by atoms with E-state index in [2.05, 4.69) is 34.1 Å². The van der Waals surface area contributed by atoms with Gasteiger partial charge in [0.1, 0.15) is 11.6 Å². The van der Waals surface area contributed by atoms with E-state index in [1.54, 1.807) is 0 Å². The van der Waals surface area contributed by atoms with Gasteiger partial charge in [0.2, 0.25) is 0 Å². The molecule has 2 rings (SSSR count). The molecule has 6 nitrogen and oxygen atoms in total. The van der Waals surface area contributed by atoms with Crippen molar-refractivity contribution in [1.82, 2.24) is 14.9 Å². The third kappa shape index (κ3) is 3.38. The van der Waals surface area contributed by atoms with Crippen molar-refractivity contribution in [1.29, 1.82) is 0 Å². The molecule has 0 bridgehead atoms. The SMILES string of the molecule is Cc1cc(NN)nc(CN2C[C@@H](C)O[C@@H](C)C2)n1. The maximum atomic E-state index is 5.71. The molecule has 2 heterocycles. The third-order valence-electron chi connectivity index (χ3n) is 2.91. The zero-order valence-electron chi connectivity index (χ0n) is 11.2. The second-order valence-corrected chi connectivity index (χ2v) is 4.91. The fourth-order valence-electron chi connectivity index (χ4n) is 2.39. The number of morpholine rings is 1. The van der Waals surface area contributed by atoms with Gasteiger partial charge < -0.3 is 10.2 Å². The van der Waals surface area contributed by atoms with Crippen molar-refractivity contribution in [2.24, 2.45) is 5.84 Å². The maximum absolute atomic E-state index is 5.71. The molecule has 1 aromatic heterocycles. The number of aryl methyl sites for hydroxylation is 1. The molecule has 1 fully saturated rings. The smallest absolute Gasteiger partial charge is 0.145 e. The van der Waals surface area contributed by atoms with E-state index < -0.39 is 0 Å². The Balaban J connectivity index is 2.06. The Hall–Kier alpha value is -1.24. The molecule has 0 spiro atoms. The van der Waals surface area contributed by atoms with Crippen LogP contribution in [0.5, 0.6) is 0 Å². The van der Waals surface area contributed by atoms with E-state index in [9.17, 15) is 0 Å². The van der Waals surface area contributed by atoms with Crippen molar-refractivity contribution >= 4 is 5.82 Å². The first kappa shape index (κ1) is 13.2. The molecule has 0 radical (unpaired) electrons. The zero-order valence-corrected chi connectivity index (χ0v) is 11.2. The second kappa shape index (κ2) is 5.60. The van der Waals surface area contributed by atoms with E-state index in [1.807, 2.05) is 13.0 Å². The van der Waals surface area contributed by atoms with Crippen molar-refractivity contribution in [3.05, 3.63) is 17.6 Å². The lowest BCUT2D eigenvalue weighted by Crippen LogP contribution is -2.45. The summed E-state index contributed by atoms with van der Waals surface area (Å²) < 4.78 is 5.71. The molecule has 0 amide bonds. The molecule has 0 aromatic carbocycles. The molecule has 1 aliphatic rings. The predicted octanol–water partition coefficient (Wildman–Crippen LogP) is 0.680. The van der Waals surface area contributed by atoms with Crippen LogP contribution >= 0.6 is 0 Å². The Morgan fingerprint density at radius 3 is 2.67 bits per heavy atom. The molecule has 1 aliphatic heterocycles. The monoisotopic (exact) mass is 251 g/mol. The molecule has 0 aliphatic carbocycles. The quantitative estimate of drug-likeness (QED) is 0.608. The minimum Gasteiger partial charge on any atom is -0.373 e. The molecule has 3 N–H and O–H groups in total. The number of anilines is 1. The van der Waals surface area contributed by atoms with Crippen LogP contribution < -0.4 is 11.3 Å². The lowest BCUT2D eigenvalue weighted by Gasteiger charge is -2.34. The average Bonchev–Trinajstić information content (AvgIpc) is 2.26. The number of hydrazine groups is 1. The number of nitrogens with one attached hydrogen (secondary N) is 1. The van der Waals surface area contributed by atoms with E-state index in [0.717, 1.165) is 31.2 Å². The summed E-state index contributed by atoms with van der Waals surface area (Å²) >= 11 is 0. The molecule has 0 unspecified atom stereocenters. The standard InChI is InChI=1S/C12H21N5O/c1-8-4-11(16-13)15-12(14-8)7-17-5-9(2)18-10(3)6-17/h4,9-10H,5-7,13H2,1-3H3,(H,14,15,16)/t9-,10+. The van der Waals surface area contributed by atoms with Gasteiger partial charge in [0.25, 0.3) is 0 Å². The average molecular weight is 251 g/mol. The highest BCUT2D eigenvalue weighted by Gasteiger charge is 2.22. The number of nitrogens with two attached hydrogens (primary N) is 1. The number of aromatic nitrogens is 2. The summed E-state index contributed by atoms with van der Waals surface area (Å²) in [6, 6.07) is 1.83. The van der Waals surface area contributed by atoms with Crippen LogP contribution in [0.15, 0.2) is 6.07 Å². The van der Waals surface area contributed by atoms with E-state index >= 15 is 0 Å². The van der Waals surface area contributed by atoms with Crippen LogP contribution in [0, 0.1) is 6.92 Å². The van der Waals surface area contributed by atoms with Gasteiger partial charge in [0.05, 0.1) is 18.8 Å². The number of hydrogen-bond acceptors (Lipinski definition) is 6. The van der Waals surface area contributed by atoms with Crippen molar-refractivity contribution < 1.29 is 4.74 Å². The highest BCUT2D eigenvalue weighted by molar-refractivity contribution is 5.33. The highest BCUT2D eigenvalue weighted by atomic mass is 16.5. The minimum atomic E-state index is 0.255. The van der Waals surface area contributed by atoms with Gasteiger partial charge in [-0.3, -0.25) is 4.90 Å². The highest BCUT2D eigenvalue weighted by Crippen LogP contribution is 2.13. The Kier molecular flexibility index (Phi) is 4.11. The fourth-order valence-corrected chi connectivity index (χ4v) is 2.39. The summed E-state index contributed by atoms with van der Waals surface area (Å²) in [4.78, 5) is 11.1. The topological polar surface area (TPSA) is 76.3 Å². The lowest BCUT2D eigenvalue weighted by atomic mass is 10.2. The Bertz CT molecular complexity index is 401. The molecule has 2 atom stereocenters. The van der Waals surface area contributed by atoms with E-state index in [4.69, 9.17) is 10.6 Å². The molecule has 6 heteroatoms. The number of nitrogens with zero attached hydrogens (tertiary/aromatic N) is 3. The number of rotatable bonds is 3. The Morgan fingerprint density at radius 1 is 1.39 bits per heavy atom.